The van der Waals surface area contributed by atoms with Gasteiger partial charge in [-0.25, -0.2) is 0 Å². The standard InChI is InChI=1S/C13H20N2O4/c1-4-18-10(9-5-6-9)11-14-12(19-15-11)7(2)8(3)13(16)17/h7-10H,4-6H2,1-3H3,(H,16,17). The van der Waals surface area contributed by atoms with E-state index >= 15 is 0 Å². The number of carboxylic acid groups (broad SMARTS) is 1. The first-order chi connectivity index (χ1) is 9.04. The second kappa shape index (κ2) is 5.69. The molecular formula is C13H20N2O4. The molecule has 1 N–H and O–H groups in total. The third-order valence-electron chi connectivity index (χ3n) is 3.64. The summed E-state index contributed by atoms with van der Waals surface area (Å²) in [4.78, 5) is 15.3. The molecule has 6 nitrogen and oxygen atoms in total. The minimum absolute atomic E-state index is 0.116. The fourth-order valence-electron chi connectivity index (χ4n) is 1.98. The van der Waals surface area contributed by atoms with E-state index in [1.54, 1.807) is 13.8 Å². The minimum Gasteiger partial charge on any atom is -0.481 e. The summed E-state index contributed by atoms with van der Waals surface area (Å²) >= 11 is 0. The Morgan fingerprint density at radius 1 is 1.53 bits per heavy atom. The van der Waals surface area contributed by atoms with Gasteiger partial charge in [0.15, 0.2) is 0 Å². The lowest BCUT2D eigenvalue weighted by Gasteiger charge is -2.12. The molecule has 0 aliphatic heterocycles. The highest BCUT2D eigenvalue weighted by Crippen LogP contribution is 2.42. The smallest absolute Gasteiger partial charge is 0.307 e. The quantitative estimate of drug-likeness (QED) is 0.817. The molecule has 0 spiro atoms. The molecule has 3 atom stereocenters. The van der Waals surface area contributed by atoms with Crippen LogP contribution in [0.15, 0.2) is 4.52 Å². The number of carbonyl (C=O) groups is 1. The largest absolute Gasteiger partial charge is 0.481 e. The van der Waals surface area contributed by atoms with Crippen molar-refractivity contribution in [3.63, 3.8) is 0 Å². The predicted octanol–water partition coefficient (Wildman–Crippen LogP) is 2.38. The Morgan fingerprint density at radius 2 is 2.21 bits per heavy atom. The Labute approximate surface area is 112 Å². The molecule has 1 fully saturated rings. The first kappa shape index (κ1) is 14.0. The lowest BCUT2D eigenvalue weighted by atomic mass is 9.96. The summed E-state index contributed by atoms with van der Waals surface area (Å²) in [5.41, 5.74) is 0. The Bertz CT molecular complexity index is 442. The van der Waals surface area contributed by atoms with E-state index in [-0.39, 0.29) is 12.0 Å². The molecule has 1 aliphatic rings. The molecular weight excluding hydrogens is 248 g/mol. The second-order valence-electron chi connectivity index (χ2n) is 5.12. The number of hydrogen-bond donors (Lipinski definition) is 1. The van der Waals surface area contributed by atoms with Crippen molar-refractivity contribution in [3.8, 4) is 0 Å². The molecule has 0 aromatic carbocycles. The number of hydrogen-bond acceptors (Lipinski definition) is 5. The maximum Gasteiger partial charge on any atom is 0.307 e. The molecule has 106 valence electrons. The molecule has 2 rings (SSSR count). The summed E-state index contributed by atoms with van der Waals surface area (Å²) in [6.45, 7) is 5.96. The average molecular weight is 268 g/mol. The molecule has 1 aromatic rings. The van der Waals surface area contributed by atoms with Gasteiger partial charge >= 0.3 is 5.97 Å². The second-order valence-corrected chi connectivity index (χ2v) is 5.12. The van der Waals surface area contributed by atoms with Crippen LogP contribution in [0, 0.1) is 11.8 Å². The van der Waals surface area contributed by atoms with Gasteiger partial charge in [0.1, 0.15) is 6.10 Å². The van der Waals surface area contributed by atoms with Crippen molar-refractivity contribution in [1.82, 2.24) is 10.1 Å². The van der Waals surface area contributed by atoms with Gasteiger partial charge in [-0.15, -0.1) is 0 Å². The van der Waals surface area contributed by atoms with Crippen LogP contribution in [0.25, 0.3) is 0 Å². The summed E-state index contributed by atoms with van der Waals surface area (Å²) in [5, 5.41) is 13.0. The fraction of sp³-hybridized carbons (Fsp3) is 0.769. The van der Waals surface area contributed by atoms with Crippen molar-refractivity contribution in [1.29, 1.82) is 0 Å². The summed E-state index contributed by atoms with van der Waals surface area (Å²) in [7, 11) is 0. The normalized spacial score (nSPS) is 19.9. The molecule has 0 saturated heterocycles. The van der Waals surface area contributed by atoms with Crippen molar-refractivity contribution in [3.05, 3.63) is 11.7 Å². The third kappa shape index (κ3) is 3.12. The third-order valence-corrected chi connectivity index (χ3v) is 3.64. The molecule has 1 aromatic heterocycles. The van der Waals surface area contributed by atoms with Crippen molar-refractivity contribution in [2.45, 2.75) is 45.6 Å². The van der Waals surface area contributed by atoms with Gasteiger partial charge in [0.2, 0.25) is 11.7 Å². The Balaban J connectivity index is 2.11. The van der Waals surface area contributed by atoms with Gasteiger partial charge in [0.05, 0.1) is 5.92 Å². The van der Waals surface area contributed by atoms with Gasteiger partial charge in [-0.1, -0.05) is 19.0 Å². The molecule has 0 bridgehead atoms. The highest BCUT2D eigenvalue weighted by Gasteiger charge is 2.37. The van der Waals surface area contributed by atoms with E-state index in [2.05, 4.69) is 10.1 Å². The molecule has 1 aliphatic carbocycles. The molecule has 0 amide bonds. The lowest BCUT2D eigenvalue weighted by Crippen LogP contribution is -2.17. The Hall–Kier alpha value is -1.43. The number of aromatic nitrogens is 2. The molecule has 6 heteroatoms. The minimum atomic E-state index is -0.865. The topological polar surface area (TPSA) is 85.5 Å². The van der Waals surface area contributed by atoms with Crippen LogP contribution in [-0.4, -0.2) is 27.8 Å². The maximum atomic E-state index is 11.0. The van der Waals surface area contributed by atoms with Crippen LogP contribution in [0.4, 0.5) is 0 Å². The summed E-state index contributed by atoms with van der Waals surface area (Å²) in [5.74, 6) is -0.340. The van der Waals surface area contributed by atoms with Crippen molar-refractivity contribution in [2.24, 2.45) is 11.8 Å². The van der Waals surface area contributed by atoms with Gasteiger partial charge < -0.3 is 14.4 Å². The van der Waals surface area contributed by atoms with E-state index in [1.165, 1.54) is 0 Å². The van der Waals surface area contributed by atoms with Crippen LogP contribution in [0.2, 0.25) is 0 Å². The van der Waals surface area contributed by atoms with Crippen LogP contribution >= 0.6 is 0 Å². The van der Waals surface area contributed by atoms with E-state index in [4.69, 9.17) is 14.4 Å². The molecule has 1 saturated carbocycles. The first-order valence-corrected chi connectivity index (χ1v) is 6.72. The summed E-state index contributed by atoms with van der Waals surface area (Å²) in [6, 6.07) is 0. The molecule has 19 heavy (non-hydrogen) atoms. The van der Waals surface area contributed by atoms with Crippen LogP contribution < -0.4 is 0 Å². The monoisotopic (exact) mass is 268 g/mol. The van der Waals surface area contributed by atoms with E-state index < -0.39 is 11.9 Å². The Morgan fingerprint density at radius 3 is 2.74 bits per heavy atom. The SMILES string of the molecule is CCOC(c1noc(C(C)C(C)C(=O)O)n1)C1CC1. The molecule has 3 unspecified atom stereocenters. The zero-order chi connectivity index (χ0) is 14.0. The van der Waals surface area contributed by atoms with Gasteiger partial charge in [-0.2, -0.15) is 4.98 Å². The van der Waals surface area contributed by atoms with E-state index in [0.29, 0.717) is 24.2 Å². The lowest BCUT2D eigenvalue weighted by molar-refractivity contribution is -0.141. The van der Waals surface area contributed by atoms with E-state index in [0.717, 1.165) is 12.8 Å². The number of rotatable bonds is 7. The van der Waals surface area contributed by atoms with Crippen LogP contribution in [0.1, 0.15) is 57.3 Å². The van der Waals surface area contributed by atoms with Crippen molar-refractivity contribution in [2.75, 3.05) is 6.61 Å². The van der Waals surface area contributed by atoms with Gasteiger partial charge in [0, 0.05) is 12.5 Å². The Kier molecular flexibility index (Phi) is 4.19. The fourth-order valence-corrected chi connectivity index (χ4v) is 1.98. The predicted molar refractivity (Wildman–Crippen MR) is 66.6 cm³/mol. The molecule has 0 radical (unpaired) electrons. The highest BCUT2D eigenvalue weighted by molar-refractivity contribution is 5.70. The summed E-state index contributed by atoms with van der Waals surface area (Å²) in [6.07, 6.45) is 2.13. The van der Waals surface area contributed by atoms with Crippen molar-refractivity contribution < 1.29 is 19.2 Å². The van der Waals surface area contributed by atoms with E-state index in [1.807, 2.05) is 6.92 Å². The highest BCUT2D eigenvalue weighted by atomic mass is 16.5. The van der Waals surface area contributed by atoms with Crippen molar-refractivity contribution >= 4 is 5.97 Å². The zero-order valence-corrected chi connectivity index (χ0v) is 11.5. The van der Waals surface area contributed by atoms with Crippen LogP contribution in [0.3, 0.4) is 0 Å². The molecule has 1 heterocycles. The number of ether oxygens (including phenoxy) is 1. The first-order valence-electron chi connectivity index (χ1n) is 6.72. The zero-order valence-electron chi connectivity index (χ0n) is 11.5. The van der Waals surface area contributed by atoms with Crippen LogP contribution in [-0.2, 0) is 9.53 Å². The van der Waals surface area contributed by atoms with E-state index in [9.17, 15) is 4.79 Å². The van der Waals surface area contributed by atoms with Gasteiger partial charge in [0.25, 0.3) is 0 Å². The average Bonchev–Trinajstić information content (AvgIpc) is 3.11. The van der Waals surface area contributed by atoms with Crippen LogP contribution in [0.5, 0.6) is 0 Å². The number of carboxylic acids is 1. The van der Waals surface area contributed by atoms with Gasteiger partial charge in [-0.3, -0.25) is 4.79 Å². The number of nitrogens with zero attached hydrogens (tertiary/aromatic N) is 2. The van der Waals surface area contributed by atoms with Gasteiger partial charge in [-0.05, 0) is 25.7 Å². The maximum absolute atomic E-state index is 11.0. The summed E-state index contributed by atoms with van der Waals surface area (Å²) < 4.78 is 10.9. The number of aliphatic carboxylic acids is 1.